The summed E-state index contributed by atoms with van der Waals surface area (Å²) in [7, 11) is 0. The third-order valence-electron chi connectivity index (χ3n) is 6.30. The Kier molecular flexibility index (Phi) is 5.64. The normalized spacial score (nSPS) is 19.7. The van der Waals surface area contributed by atoms with E-state index in [1.807, 2.05) is 12.1 Å². The van der Waals surface area contributed by atoms with E-state index < -0.39 is 0 Å². The number of carbonyl (C=O) groups excluding carboxylic acids is 1. The number of hydrogen-bond acceptors (Lipinski definition) is 3. The predicted molar refractivity (Wildman–Crippen MR) is 107 cm³/mol. The van der Waals surface area contributed by atoms with Crippen LogP contribution >= 0.6 is 0 Å². The van der Waals surface area contributed by atoms with Gasteiger partial charge in [0.15, 0.2) is 5.78 Å². The fourth-order valence-corrected chi connectivity index (χ4v) is 4.67. The van der Waals surface area contributed by atoms with E-state index in [9.17, 15) is 4.79 Å². The molecule has 0 radical (unpaired) electrons. The van der Waals surface area contributed by atoms with Crippen LogP contribution in [0.4, 0.5) is 0 Å². The molecule has 2 aromatic rings. The van der Waals surface area contributed by atoms with Gasteiger partial charge in [-0.3, -0.25) is 9.78 Å². The van der Waals surface area contributed by atoms with Gasteiger partial charge in [0, 0.05) is 29.0 Å². The number of pyridine rings is 1. The van der Waals surface area contributed by atoms with Crippen LogP contribution in [-0.4, -0.2) is 23.9 Å². The Hall–Kier alpha value is -1.74. The monoisotopic (exact) mass is 350 g/mol. The molecule has 0 atom stereocenters. The van der Waals surface area contributed by atoms with Gasteiger partial charge in [-0.1, -0.05) is 37.5 Å². The standard InChI is InChI=1S/C23H30N2O/c26-23(11-10-17-12-14-24-15-13-17)20-16-22(18-6-2-1-3-7-18)25-21-9-5-4-8-19(20)21/h4-5,8-9,16-18,24H,1-3,6-7,10-15H2. The smallest absolute Gasteiger partial charge is 0.163 e. The molecule has 3 nitrogen and oxygen atoms in total. The number of Topliss-reactive ketones (excluding diaryl/α,β-unsaturated/α-hetero) is 1. The van der Waals surface area contributed by atoms with E-state index in [2.05, 4.69) is 23.5 Å². The molecular weight excluding hydrogens is 320 g/mol. The van der Waals surface area contributed by atoms with Crippen molar-refractivity contribution in [2.75, 3.05) is 13.1 Å². The SMILES string of the molecule is O=C(CCC1CCNCC1)c1cc(C2CCCCC2)nc2ccccc12. The molecule has 1 aromatic heterocycles. The van der Waals surface area contributed by atoms with Crippen molar-refractivity contribution < 1.29 is 4.79 Å². The zero-order chi connectivity index (χ0) is 17.8. The summed E-state index contributed by atoms with van der Waals surface area (Å²) in [6.45, 7) is 2.20. The van der Waals surface area contributed by atoms with Crippen molar-refractivity contribution in [3.8, 4) is 0 Å². The molecule has 1 N–H and O–H groups in total. The Bertz CT molecular complexity index is 758. The number of fused-ring (bicyclic) bond motifs is 1. The quantitative estimate of drug-likeness (QED) is 0.749. The fourth-order valence-electron chi connectivity index (χ4n) is 4.67. The van der Waals surface area contributed by atoms with E-state index in [1.165, 1.54) is 44.9 Å². The Labute approximate surface area is 156 Å². The minimum absolute atomic E-state index is 0.305. The van der Waals surface area contributed by atoms with Gasteiger partial charge in [0.2, 0.25) is 0 Å². The first-order chi connectivity index (χ1) is 12.8. The lowest BCUT2D eigenvalue weighted by atomic mass is 9.85. The van der Waals surface area contributed by atoms with E-state index in [-0.39, 0.29) is 0 Å². The highest BCUT2D eigenvalue weighted by atomic mass is 16.1. The molecular formula is C23H30N2O. The van der Waals surface area contributed by atoms with Crippen molar-refractivity contribution in [1.82, 2.24) is 10.3 Å². The van der Waals surface area contributed by atoms with Crippen LogP contribution in [0.1, 0.15) is 79.8 Å². The number of rotatable bonds is 5. The molecule has 2 heterocycles. The molecule has 3 heteroatoms. The average molecular weight is 351 g/mol. The molecule has 26 heavy (non-hydrogen) atoms. The molecule has 1 aromatic carbocycles. The van der Waals surface area contributed by atoms with Gasteiger partial charge < -0.3 is 5.32 Å². The highest BCUT2D eigenvalue weighted by Crippen LogP contribution is 2.34. The molecule has 0 bridgehead atoms. The Morgan fingerprint density at radius 2 is 1.81 bits per heavy atom. The van der Waals surface area contributed by atoms with Crippen LogP contribution in [0.5, 0.6) is 0 Å². The highest BCUT2D eigenvalue weighted by molar-refractivity contribution is 6.07. The molecule has 0 amide bonds. The average Bonchev–Trinajstić information content (AvgIpc) is 2.72. The molecule has 1 saturated carbocycles. The topological polar surface area (TPSA) is 42.0 Å². The van der Waals surface area contributed by atoms with Gasteiger partial charge in [-0.15, -0.1) is 0 Å². The van der Waals surface area contributed by atoms with E-state index in [4.69, 9.17) is 4.98 Å². The van der Waals surface area contributed by atoms with Crippen molar-refractivity contribution >= 4 is 16.7 Å². The van der Waals surface area contributed by atoms with Gasteiger partial charge in [-0.25, -0.2) is 0 Å². The summed E-state index contributed by atoms with van der Waals surface area (Å²) in [5.41, 5.74) is 3.04. The van der Waals surface area contributed by atoms with E-state index in [0.717, 1.165) is 41.7 Å². The maximum Gasteiger partial charge on any atom is 0.163 e. The van der Waals surface area contributed by atoms with Crippen molar-refractivity contribution in [3.63, 3.8) is 0 Å². The zero-order valence-corrected chi connectivity index (χ0v) is 15.7. The van der Waals surface area contributed by atoms with Crippen LogP contribution in [0.3, 0.4) is 0 Å². The summed E-state index contributed by atoms with van der Waals surface area (Å²) in [5, 5.41) is 4.44. The van der Waals surface area contributed by atoms with Crippen LogP contribution < -0.4 is 5.32 Å². The third-order valence-corrected chi connectivity index (χ3v) is 6.30. The summed E-state index contributed by atoms with van der Waals surface area (Å²) in [6.07, 6.45) is 10.5. The molecule has 2 aliphatic rings. The molecule has 4 rings (SSSR count). The highest BCUT2D eigenvalue weighted by Gasteiger charge is 2.21. The molecule has 138 valence electrons. The third kappa shape index (κ3) is 3.98. The number of carbonyl (C=O) groups is 1. The number of para-hydroxylation sites is 1. The van der Waals surface area contributed by atoms with Gasteiger partial charge in [0.25, 0.3) is 0 Å². The summed E-state index contributed by atoms with van der Waals surface area (Å²) in [6, 6.07) is 10.3. The summed E-state index contributed by atoms with van der Waals surface area (Å²) in [4.78, 5) is 18.0. The molecule has 1 aliphatic heterocycles. The first-order valence-corrected chi connectivity index (χ1v) is 10.4. The largest absolute Gasteiger partial charge is 0.317 e. The lowest BCUT2D eigenvalue weighted by Gasteiger charge is -2.23. The first-order valence-electron chi connectivity index (χ1n) is 10.4. The second-order valence-electron chi connectivity index (χ2n) is 8.10. The van der Waals surface area contributed by atoms with Gasteiger partial charge in [0.1, 0.15) is 0 Å². The summed E-state index contributed by atoms with van der Waals surface area (Å²) >= 11 is 0. The fraction of sp³-hybridized carbons (Fsp3) is 0.565. The van der Waals surface area contributed by atoms with Crippen LogP contribution in [-0.2, 0) is 0 Å². The number of hydrogen-bond donors (Lipinski definition) is 1. The lowest BCUT2D eigenvalue weighted by molar-refractivity contribution is 0.0972. The number of aromatic nitrogens is 1. The Balaban J connectivity index is 1.58. The Morgan fingerprint density at radius 1 is 1.04 bits per heavy atom. The maximum atomic E-state index is 13.1. The van der Waals surface area contributed by atoms with Crippen molar-refractivity contribution in [2.45, 2.75) is 63.7 Å². The van der Waals surface area contributed by atoms with E-state index in [1.54, 1.807) is 0 Å². The number of ketones is 1. The molecule has 2 fully saturated rings. The number of benzene rings is 1. The molecule has 0 spiro atoms. The number of nitrogens with zero attached hydrogens (tertiary/aromatic N) is 1. The molecule has 0 unspecified atom stereocenters. The summed E-state index contributed by atoms with van der Waals surface area (Å²) < 4.78 is 0. The number of piperidine rings is 1. The lowest BCUT2D eigenvalue weighted by Crippen LogP contribution is -2.28. The van der Waals surface area contributed by atoms with E-state index >= 15 is 0 Å². The Morgan fingerprint density at radius 3 is 2.62 bits per heavy atom. The first kappa shape index (κ1) is 17.7. The zero-order valence-electron chi connectivity index (χ0n) is 15.7. The van der Waals surface area contributed by atoms with Crippen LogP contribution in [0, 0.1) is 5.92 Å². The second kappa shape index (κ2) is 8.30. The second-order valence-corrected chi connectivity index (χ2v) is 8.10. The van der Waals surface area contributed by atoms with E-state index in [0.29, 0.717) is 24.0 Å². The molecule has 1 aliphatic carbocycles. The van der Waals surface area contributed by atoms with Crippen molar-refractivity contribution in [2.24, 2.45) is 5.92 Å². The van der Waals surface area contributed by atoms with Crippen LogP contribution in [0.15, 0.2) is 30.3 Å². The van der Waals surface area contributed by atoms with Crippen LogP contribution in [0.25, 0.3) is 10.9 Å². The minimum Gasteiger partial charge on any atom is -0.317 e. The van der Waals surface area contributed by atoms with Gasteiger partial charge in [-0.05, 0) is 63.2 Å². The molecule has 1 saturated heterocycles. The van der Waals surface area contributed by atoms with Crippen molar-refractivity contribution in [3.05, 3.63) is 41.6 Å². The van der Waals surface area contributed by atoms with Gasteiger partial charge >= 0.3 is 0 Å². The predicted octanol–water partition coefficient (Wildman–Crippen LogP) is 5.25. The van der Waals surface area contributed by atoms with Crippen LogP contribution in [0.2, 0.25) is 0 Å². The number of nitrogens with one attached hydrogen (secondary N) is 1. The van der Waals surface area contributed by atoms with Gasteiger partial charge in [-0.2, -0.15) is 0 Å². The van der Waals surface area contributed by atoms with Crippen molar-refractivity contribution in [1.29, 1.82) is 0 Å². The maximum absolute atomic E-state index is 13.1. The summed E-state index contributed by atoms with van der Waals surface area (Å²) in [5.74, 6) is 1.54. The van der Waals surface area contributed by atoms with Gasteiger partial charge in [0.05, 0.1) is 5.52 Å². The minimum atomic E-state index is 0.305.